The van der Waals surface area contributed by atoms with E-state index in [1.807, 2.05) is 31.2 Å². The Morgan fingerprint density at radius 3 is 2.60 bits per heavy atom. The fourth-order valence-corrected chi connectivity index (χ4v) is 3.16. The molecule has 6 nitrogen and oxygen atoms in total. The van der Waals surface area contributed by atoms with E-state index in [0.29, 0.717) is 22.3 Å². The van der Waals surface area contributed by atoms with Crippen molar-refractivity contribution < 1.29 is 9.53 Å². The Labute approximate surface area is 158 Å². The molecule has 0 radical (unpaired) electrons. The highest BCUT2D eigenvalue weighted by atomic mass is 35.5. The van der Waals surface area contributed by atoms with Crippen molar-refractivity contribution in [1.82, 2.24) is 19.4 Å². The molecule has 0 aliphatic rings. The maximum atomic E-state index is 12.4. The molecule has 0 spiro atoms. The number of benzene rings is 1. The van der Waals surface area contributed by atoms with Crippen LogP contribution in [0.5, 0.6) is 0 Å². The van der Waals surface area contributed by atoms with Crippen molar-refractivity contribution in [3.8, 4) is 0 Å². The fourth-order valence-electron chi connectivity index (χ4n) is 2.25. The molecule has 0 fully saturated rings. The summed E-state index contributed by atoms with van der Waals surface area (Å²) in [5.41, 5.74) is 3.37. The molecule has 0 unspecified atom stereocenters. The molecule has 0 bridgehead atoms. The quantitative estimate of drug-likeness (QED) is 0.608. The van der Waals surface area contributed by atoms with Gasteiger partial charge in [0, 0.05) is 11.5 Å². The Hall–Kier alpha value is -1.96. The molecule has 0 atom stereocenters. The van der Waals surface area contributed by atoms with E-state index < -0.39 is 5.97 Å². The highest BCUT2D eigenvalue weighted by Gasteiger charge is 2.22. The lowest BCUT2D eigenvalue weighted by atomic mass is 10.1. The summed E-state index contributed by atoms with van der Waals surface area (Å²) in [6.45, 7) is 4.14. The lowest BCUT2D eigenvalue weighted by Crippen LogP contribution is -2.07. The van der Waals surface area contributed by atoms with Gasteiger partial charge in [0.25, 0.3) is 0 Å². The summed E-state index contributed by atoms with van der Waals surface area (Å²) < 4.78 is 10.9. The van der Waals surface area contributed by atoms with Gasteiger partial charge in [-0.15, -0.1) is 5.10 Å². The highest BCUT2D eigenvalue weighted by Crippen LogP contribution is 2.23. The van der Waals surface area contributed by atoms with Crippen molar-refractivity contribution in [2.24, 2.45) is 0 Å². The standard InChI is InChI=1S/C16H14Cl2N4O2S/c1-9-3-5-11(6-4-9)7-22-14(17)13(10(2)20-22)16(23)24-8-12-15(18)25-21-19-12/h3-6H,7-8H2,1-2H3. The van der Waals surface area contributed by atoms with Gasteiger partial charge < -0.3 is 4.74 Å². The third-order valence-corrected chi connectivity index (χ3v) is 4.94. The second kappa shape index (κ2) is 7.51. The van der Waals surface area contributed by atoms with Gasteiger partial charge in [-0.05, 0) is 19.4 Å². The molecule has 2 heterocycles. The van der Waals surface area contributed by atoms with E-state index in [1.165, 1.54) is 5.56 Å². The van der Waals surface area contributed by atoms with Crippen LogP contribution in [0.15, 0.2) is 24.3 Å². The molecule has 0 saturated heterocycles. The first-order valence-corrected chi connectivity index (χ1v) is 8.91. The summed E-state index contributed by atoms with van der Waals surface area (Å²) in [5.74, 6) is -0.568. The average molecular weight is 397 g/mol. The van der Waals surface area contributed by atoms with Gasteiger partial charge in [0.15, 0.2) is 0 Å². The predicted molar refractivity (Wildman–Crippen MR) is 96.3 cm³/mol. The van der Waals surface area contributed by atoms with Gasteiger partial charge in [0.2, 0.25) is 0 Å². The van der Waals surface area contributed by atoms with Crippen LogP contribution in [0, 0.1) is 13.8 Å². The SMILES string of the molecule is Cc1ccc(Cn2nc(C)c(C(=O)OCc3nnsc3Cl)c2Cl)cc1. The number of hydrogen-bond acceptors (Lipinski definition) is 6. The maximum Gasteiger partial charge on any atom is 0.343 e. The zero-order valence-corrected chi connectivity index (χ0v) is 15.8. The van der Waals surface area contributed by atoms with Crippen molar-refractivity contribution in [3.63, 3.8) is 0 Å². The first kappa shape index (κ1) is 17.8. The normalized spacial score (nSPS) is 10.9. The van der Waals surface area contributed by atoms with Gasteiger partial charge in [0.1, 0.15) is 27.4 Å². The molecular formula is C16H14Cl2N4O2S. The Morgan fingerprint density at radius 2 is 1.96 bits per heavy atom. The van der Waals surface area contributed by atoms with E-state index >= 15 is 0 Å². The minimum Gasteiger partial charge on any atom is -0.455 e. The van der Waals surface area contributed by atoms with Crippen LogP contribution in [-0.2, 0) is 17.9 Å². The second-order valence-corrected chi connectivity index (χ2v) is 7.18. The zero-order valence-electron chi connectivity index (χ0n) is 13.5. The van der Waals surface area contributed by atoms with Crippen LogP contribution in [0.3, 0.4) is 0 Å². The third kappa shape index (κ3) is 4.00. The Kier molecular flexibility index (Phi) is 5.36. The van der Waals surface area contributed by atoms with E-state index in [0.717, 1.165) is 17.1 Å². The zero-order chi connectivity index (χ0) is 18.0. The van der Waals surface area contributed by atoms with E-state index in [2.05, 4.69) is 14.7 Å². The number of aromatic nitrogens is 4. The Bertz CT molecular complexity index is 906. The number of hydrogen-bond donors (Lipinski definition) is 0. The lowest BCUT2D eigenvalue weighted by Gasteiger charge is -2.05. The van der Waals surface area contributed by atoms with E-state index in [1.54, 1.807) is 11.6 Å². The number of halogens is 2. The van der Waals surface area contributed by atoms with Crippen LogP contribution in [0.2, 0.25) is 9.49 Å². The van der Waals surface area contributed by atoms with Crippen molar-refractivity contribution in [2.45, 2.75) is 27.0 Å². The smallest absolute Gasteiger partial charge is 0.343 e. The van der Waals surface area contributed by atoms with Crippen molar-refractivity contribution in [1.29, 1.82) is 0 Å². The van der Waals surface area contributed by atoms with Crippen LogP contribution >= 0.6 is 34.7 Å². The molecule has 25 heavy (non-hydrogen) atoms. The first-order valence-electron chi connectivity index (χ1n) is 7.38. The molecule has 0 aliphatic carbocycles. The number of rotatable bonds is 5. The summed E-state index contributed by atoms with van der Waals surface area (Å²) in [6.07, 6.45) is 0. The Balaban J connectivity index is 1.75. The Morgan fingerprint density at radius 1 is 1.24 bits per heavy atom. The molecule has 0 N–H and O–H groups in total. The lowest BCUT2D eigenvalue weighted by molar-refractivity contribution is 0.0467. The summed E-state index contributed by atoms with van der Waals surface area (Å²) in [6, 6.07) is 8.02. The summed E-state index contributed by atoms with van der Waals surface area (Å²) in [5, 5.41) is 8.38. The molecule has 2 aromatic heterocycles. The van der Waals surface area contributed by atoms with Gasteiger partial charge in [0.05, 0.1) is 12.2 Å². The van der Waals surface area contributed by atoms with Crippen LogP contribution in [-0.4, -0.2) is 25.3 Å². The van der Waals surface area contributed by atoms with Crippen LogP contribution in [0.25, 0.3) is 0 Å². The van der Waals surface area contributed by atoms with E-state index in [4.69, 9.17) is 27.9 Å². The summed E-state index contributed by atoms with van der Waals surface area (Å²) in [4.78, 5) is 12.4. The average Bonchev–Trinajstić information content (AvgIpc) is 3.11. The van der Waals surface area contributed by atoms with Gasteiger partial charge in [-0.1, -0.05) is 57.5 Å². The summed E-state index contributed by atoms with van der Waals surface area (Å²) in [7, 11) is 0. The molecule has 9 heteroatoms. The third-order valence-electron chi connectivity index (χ3n) is 3.57. The number of ether oxygens (including phenoxy) is 1. The topological polar surface area (TPSA) is 69.9 Å². The molecule has 3 rings (SSSR count). The second-order valence-electron chi connectivity index (χ2n) is 5.46. The minimum absolute atomic E-state index is 0.0624. The summed E-state index contributed by atoms with van der Waals surface area (Å²) >= 11 is 13.3. The highest BCUT2D eigenvalue weighted by molar-refractivity contribution is 7.10. The van der Waals surface area contributed by atoms with Crippen molar-refractivity contribution in [3.05, 3.63) is 61.8 Å². The molecule has 0 amide bonds. The van der Waals surface area contributed by atoms with Gasteiger partial charge >= 0.3 is 5.97 Å². The molecule has 1 aromatic carbocycles. The van der Waals surface area contributed by atoms with Crippen LogP contribution in [0.4, 0.5) is 0 Å². The molecule has 130 valence electrons. The van der Waals surface area contributed by atoms with Crippen molar-refractivity contribution in [2.75, 3.05) is 0 Å². The first-order chi connectivity index (χ1) is 12.0. The molecule has 0 saturated carbocycles. The van der Waals surface area contributed by atoms with Gasteiger partial charge in [-0.25, -0.2) is 9.48 Å². The molecular weight excluding hydrogens is 383 g/mol. The largest absolute Gasteiger partial charge is 0.455 e. The number of nitrogens with zero attached hydrogens (tertiary/aromatic N) is 4. The number of carbonyl (C=O) groups excluding carboxylic acids is 1. The van der Waals surface area contributed by atoms with Crippen molar-refractivity contribution >= 4 is 40.7 Å². The number of aryl methyl sites for hydroxylation is 2. The molecule has 3 aromatic rings. The fraction of sp³-hybridized carbons (Fsp3) is 0.250. The maximum absolute atomic E-state index is 12.4. The predicted octanol–water partition coefficient (Wildman–Crippen LogP) is 4.06. The van der Waals surface area contributed by atoms with E-state index in [-0.39, 0.29) is 17.3 Å². The minimum atomic E-state index is -0.568. The van der Waals surface area contributed by atoms with Gasteiger partial charge in [-0.2, -0.15) is 5.10 Å². The number of carbonyl (C=O) groups is 1. The van der Waals surface area contributed by atoms with Crippen LogP contribution < -0.4 is 0 Å². The monoisotopic (exact) mass is 396 g/mol. The van der Waals surface area contributed by atoms with Crippen LogP contribution in [0.1, 0.15) is 32.9 Å². The van der Waals surface area contributed by atoms with E-state index in [9.17, 15) is 4.79 Å². The number of esters is 1. The van der Waals surface area contributed by atoms with Gasteiger partial charge in [-0.3, -0.25) is 0 Å². The molecule has 0 aliphatic heterocycles.